The first-order chi connectivity index (χ1) is 9.26. The van der Waals surface area contributed by atoms with Crippen LogP contribution < -0.4 is 10.6 Å². The predicted octanol–water partition coefficient (Wildman–Crippen LogP) is 1.06. The van der Waals surface area contributed by atoms with Crippen molar-refractivity contribution < 1.29 is 4.74 Å². The van der Waals surface area contributed by atoms with Gasteiger partial charge in [-0.2, -0.15) is 0 Å². The van der Waals surface area contributed by atoms with E-state index >= 15 is 0 Å². The van der Waals surface area contributed by atoms with Crippen molar-refractivity contribution in [2.75, 3.05) is 46.9 Å². The first-order valence-corrected chi connectivity index (χ1v) is 7.51. The Morgan fingerprint density at radius 3 is 2.84 bits per heavy atom. The Balaban J connectivity index is 2.11. The summed E-state index contributed by atoms with van der Waals surface area (Å²) < 4.78 is 5.71. The minimum atomic E-state index is 0.261. The molecule has 5 heteroatoms. The zero-order valence-electron chi connectivity index (χ0n) is 12.7. The molecule has 1 fully saturated rings. The maximum absolute atomic E-state index is 5.71. The van der Waals surface area contributed by atoms with Crippen molar-refractivity contribution in [1.29, 1.82) is 0 Å². The molecule has 1 aliphatic heterocycles. The van der Waals surface area contributed by atoms with E-state index in [0.717, 1.165) is 38.7 Å². The first kappa shape index (κ1) is 16.2. The van der Waals surface area contributed by atoms with E-state index in [0.29, 0.717) is 0 Å². The van der Waals surface area contributed by atoms with Crippen LogP contribution in [0, 0.1) is 0 Å². The summed E-state index contributed by atoms with van der Waals surface area (Å²) in [6.07, 6.45) is 5.35. The molecule has 0 aromatic carbocycles. The zero-order chi connectivity index (χ0) is 13.9. The lowest BCUT2D eigenvalue weighted by atomic mass is 10.2. The minimum Gasteiger partial charge on any atom is -0.374 e. The molecule has 112 valence electrons. The lowest BCUT2D eigenvalue weighted by Crippen LogP contribution is -2.48. The van der Waals surface area contributed by atoms with Crippen molar-refractivity contribution in [3.8, 4) is 0 Å². The summed E-state index contributed by atoms with van der Waals surface area (Å²) in [6.45, 7) is 6.88. The molecule has 1 heterocycles. The number of rotatable bonds is 7. The number of nitrogens with zero attached hydrogens (tertiary/aromatic N) is 2. The molecular formula is C14H30N4O. The summed E-state index contributed by atoms with van der Waals surface area (Å²) >= 11 is 0. The van der Waals surface area contributed by atoms with Gasteiger partial charge in [-0.25, -0.2) is 0 Å². The highest BCUT2D eigenvalue weighted by atomic mass is 16.5. The van der Waals surface area contributed by atoms with E-state index in [1.807, 2.05) is 7.05 Å². The smallest absolute Gasteiger partial charge is 0.191 e. The number of nitrogens with one attached hydrogen (secondary N) is 2. The number of ether oxygens (including phenoxy) is 1. The second kappa shape index (κ2) is 10.0. The number of hydrogen-bond acceptors (Lipinski definition) is 3. The lowest BCUT2D eigenvalue weighted by Gasteiger charge is -2.30. The topological polar surface area (TPSA) is 48.9 Å². The van der Waals surface area contributed by atoms with Gasteiger partial charge in [0.05, 0.1) is 12.7 Å². The van der Waals surface area contributed by atoms with E-state index < -0.39 is 0 Å². The molecule has 0 aromatic rings. The Kier molecular flexibility index (Phi) is 8.58. The van der Waals surface area contributed by atoms with Crippen LogP contribution in [0.2, 0.25) is 0 Å². The summed E-state index contributed by atoms with van der Waals surface area (Å²) in [7, 11) is 3.95. The van der Waals surface area contributed by atoms with Gasteiger partial charge in [-0.15, -0.1) is 0 Å². The standard InChI is InChI=1S/C14H30N4O/c1-4-5-6-7-8-16-14(15-2)17-11-13-12-18(3)9-10-19-13/h13H,4-12H2,1-3H3,(H2,15,16,17). The second-order valence-corrected chi connectivity index (χ2v) is 5.20. The Morgan fingerprint density at radius 2 is 2.16 bits per heavy atom. The number of aliphatic imine (C=N–C) groups is 1. The van der Waals surface area contributed by atoms with Crippen LogP contribution in [0.15, 0.2) is 4.99 Å². The molecule has 0 aromatic heterocycles. The molecule has 1 unspecified atom stereocenters. The molecule has 0 saturated carbocycles. The van der Waals surface area contributed by atoms with E-state index in [-0.39, 0.29) is 6.10 Å². The molecule has 1 saturated heterocycles. The van der Waals surface area contributed by atoms with Gasteiger partial charge < -0.3 is 20.3 Å². The number of likely N-dealkylation sites (N-methyl/N-ethyl adjacent to an activating group) is 1. The molecule has 1 atom stereocenters. The molecule has 0 amide bonds. The average Bonchev–Trinajstić information content (AvgIpc) is 2.42. The van der Waals surface area contributed by atoms with Gasteiger partial charge in [-0.05, 0) is 13.5 Å². The van der Waals surface area contributed by atoms with Crippen LogP contribution in [0.4, 0.5) is 0 Å². The summed E-state index contributed by atoms with van der Waals surface area (Å²) in [5.41, 5.74) is 0. The maximum atomic E-state index is 5.71. The van der Waals surface area contributed by atoms with E-state index in [9.17, 15) is 0 Å². The van der Waals surface area contributed by atoms with Gasteiger partial charge in [-0.1, -0.05) is 26.2 Å². The van der Waals surface area contributed by atoms with Crippen LogP contribution in [-0.2, 0) is 4.74 Å². The molecule has 1 rings (SSSR count). The van der Waals surface area contributed by atoms with E-state index in [2.05, 4.69) is 34.5 Å². The molecular weight excluding hydrogens is 240 g/mol. The molecule has 19 heavy (non-hydrogen) atoms. The Morgan fingerprint density at radius 1 is 1.32 bits per heavy atom. The summed E-state index contributed by atoms with van der Waals surface area (Å²) in [5, 5.41) is 6.69. The number of morpholine rings is 1. The third-order valence-electron chi connectivity index (χ3n) is 3.39. The van der Waals surface area contributed by atoms with E-state index in [1.165, 1.54) is 25.7 Å². The fourth-order valence-electron chi connectivity index (χ4n) is 2.18. The Hall–Kier alpha value is -0.810. The molecule has 0 spiro atoms. The third kappa shape index (κ3) is 7.38. The van der Waals surface area contributed by atoms with Crippen LogP contribution >= 0.6 is 0 Å². The van der Waals surface area contributed by atoms with Gasteiger partial charge >= 0.3 is 0 Å². The molecule has 0 bridgehead atoms. The van der Waals surface area contributed by atoms with Gasteiger partial charge in [0, 0.05) is 33.2 Å². The molecule has 0 aliphatic carbocycles. The SMILES string of the molecule is CCCCCCNC(=NC)NCC1CN(C)CCO1. The van der Waals surface area contributed by atoms with Crippen molar-refractivity contribution >= 4 is 5.96 Å². The van der Waals surface area contributed by atoms with Gasteiger partial charge in [0.1, 0.15) is 0 Å². The highest BCUT2D eigenvalue weighted by molar-refractivity contribution is 5.79. The number of hydrogen-bond donors (Lipinski definition) is 2. The van der Waals surface area contributed by atoms with Crippen LogP contribution in [-0.4, -0.2) is 63.8 Å². The van der Waals surface area contributed by atoms with Gasteiger partial charge in [0.15, 0.2) is 5.96 Å². The fourth-order valence-corrected chi connectivity index (χ4v) is 2.18. The van der Waals surface area contributed by atoms with Crippen LogP contribution in [0.3, 0.4) is 0 Å². The third-order valence-corrected chi connectivity index (χ3v) is 3.39. The highest BCUT2D eigenvalue weighted by Crippen LogP contribution is 2.01. The van der Waals surface area contributed by atoms with Crippen molar-refractivity contribution in [3.63, 3.8) is 0 Å². The minimum absolute atomic E-state index is 0.261. The van der Waals surface area contributed by atoms with Gasteiger partial charge in [0.25, 0.3) is 0 Å². The van der Waals surface area contributed by atoms with Crippen LogP contribution in [0.25, 0.3) is 0 Å². The highest BCUT2D eigenvalue weighted by Gasteiger charge is 2.17. The van der Waals surface area contributed by atoms with E-state index in [1.54, 1.807) is 0 Å². The number of guanidine groups is 1. The molecule has 2 N–H and O–H groups in total. The normalized spacial score (nSPS) is 21.4. The van der Waals surface area contributed by atoms with Gasteiger partial charge in [-0.3, -0.25) is 4.99 Å². The first-order valence-electron chi connectivity index (χ1n) is 7.51. The second-order valence-electron chi connectivity index (χ2n) is 5.20. The van der Waals surface area contributed by atoms with Gasteiger partial charge in [0.2, 0.25) is 0 Å². The molecule has 1 aliphatic rings. The lowest BCUT2D eigenvalue weighted by molar-refractivity contribution is -0.0161. The van der Waals surface area contributed by atoms with Crippen molar-refractivity contribution in [2.45, 2.75) is 38.7 Å². The maximum Gasteiger partial charge on any atom is 0.191 e. The fraction of sp³-hybridized carbons (Fsp3) is 0.929. The van der Waals surface area contributed by atoms with Crippen molar-refractivity contribution in [3.05, 3.63) is 0 Å². The zero-order valence-corrected chi connectivity index (χ0v) is 12.7. The molecule has 0 radical (unpaired) electrons. The van der Waals surface area contributed by atoms with Crippen molar-refractivity contribution in [1.82, 2.24) is 15.5 Å². The summed E-state index contributed by atoms with van der Waals surface area (Å²) in [6, 6.07) is 0. The monoisotopic (exact) mass is 270 g/mol. The predicted molar refractivity (Wildman–Crippen MR) is 80.7 cm³/mol. The quantitative estimate of drug-likeness (QED) is 0.413. The molecule has 5 nitrogen and oxygen atoms in total. The van der Waals surface area contributed by atoms with Crippen LogP contribution in [0.5, 0.6) is 0 Å². The summed E-state index contributed by atoms with van der Waals surface area (Å²) in [5.74, 6) is 0.883. The van der Waals surface area contributed by atoms with Crippen LogP contribution in [0.1, 0.15) is 32.6 Å². The Labute approximate surface area is 117 Å². The van der Waals surface area contributed by atoms with E-state index in [4.69, 9.17) is 4.74 Å². The average molecular weight is 270 g/mol. The Bertz CT molecular complexity index is 258. The largest absolute Gasteiger partial charge is 0.374 e. The summed E-state index contributed by atoms with van der Waals surface area (Å²) in [4.78, 5) is 6.54. The van der Waals surface area contributed by atoms with Crippen molar-refractivity contribution in [2.24, 2.45) is 4.99 Å². The number of unbranched alkanes of at least 4 members (excludes halogenated alkanes) is 3.